The Morgan fingerprint density at radius 1 is 1.38 bits per heavy atom. The van der Waals surface area contributed by atoms with E-state index < -0.39 is 0 Å². The molecule has 2 fully saturated rings. The van der Waals surface area contributed by atoms with Crippen LogP contribution in [0.1, 0.15) is 29.8 Å². The number of nitrogens with one attached hydrogen (secondary N) is 2. The fourth-order valence-electron chi connectivity index (χ4n) is 2.83. The zero-order valence-electron chi connectivity index (χ0n) is 9.15. The van der Waals surface area contributed by atoms with Gasteiger partial charge < -0.3 is 10.2 Å². The molecule has 3 rings (SSSR count). The van der Waals surface area contributed by atoms with Gasteiger partial charge in [-0.25, -0.2) is 0 Å². The van der Waals surface area contributed by atoms with Crippen LogP contribution >= 0.6 is 0 Å². The monoisotopic (exact) mass is 220 g/mol. The first-order chi connectivity index (χ1) is 7.86. The number of nitrogens with zero attached hydrogens (tertiary/aromatic N) is 2. The first-order valence-corrected chi connectivity index (χ1v) is 5.89. The third-order valence-corrected chi connectivity index (χ3v) is 3.62. The van der Waals surface area contributed by atoms with Crippen molar-refractivity contribution < 1.29 is 4.79 Å². The normalized spacial score (nSPS) is 29.1. The van der Waals surface area contributed by atoms with Crippen molar-refractivity contribution in [3.05, 3.63) is 18.0 Å². The summed E-state index contributed by atoms with van der Waals surface area (Å²) >= 11 is 0. The van der Waals surface area contributed by atoms with Crippen LogP contribution in [0.15, 0.2) is 12.3 Å². The van der Waals surface area contributed by atoms with Crippen molar-refractivity contribution in [2.75, 3.05) is 13.1 Å². The Labute approximate surface area is 94.2 Å². The lowest BCUT2D eigenvalue weighted by atomic mass is 10.1. The zero-order valence-corrected chi connectivity index (χ0v) is 9.15. The molecule has 5 heteroatoms. The van der Waals surface area contributed by atoms with E-state index in [9.17, 15) is 4.79 Å². The molecule has 0 saturated carbocycles. The summed E-state index contributed by atoms with van der Waals surface area (Å²) in [5.41, 5.74) is 0.610. The maximum Gasteiger partial charge on any atom is 0.272 e. The van der Waals surface area contributed by atoms with Crippen molar-refractivity contribution >= 4 is 5.91 Å². The van der Waals surface area contributed by atoms with Crippen molar-refractivity contribution in [1.29, 1.82) is 0 Å². The average molecular weight is 220 g/mol. The van der Waals surface area contributed by atoms with Crippen LogP contribution < -0.4 is 5.32 Å². The number of carbonyl (C=O) groups is 1. The largest absolute Gasteiger partial charge is 0.330 e. The van der Waals surface area contributed by atoms with E-state index in [1.165, 1.54) is 0 Å². The lowest BCUT2D eigenvalue weighted by molar-refractivity contribution is 0.0674. The van der Waals surface area contributed by atoms with E-state index in [0.717, 1.165) is 32.4 Å². The summed E-state index contributed by atoms with van der Waals surface area (Å²) in [6.07, 6.45) is 4.96. The molecule has 2 atom stereocenters. The van der Waals surface area contributed by atoms with Crippen LogP contribution in [0.5, 0.6) is 0 Å². The predicted octanol–water partition coefficient (Wildman–Crippen LogP) is 0.376. The number of H-pyrrole nitrogens is 1. The molecule has 2 aliphatic rings. The van der Waals surface area contributed by atoms with Gasteiger partial charge in [0.25, 0.3) is 5.91 Å². The highest BCUT2D eigenvalue weighted by Crippen LogP contribution is 2.29. The van der Waals surface area contributed by atoms with Gasteiger partial charge in [0.2, 0.25) is 0 Å². The quantitative estimate of drug-likeness (QED) is 0.719. The molecule has 2 saturated heterocycles. The third-order valence-electron chi connectivity index (χ3n) is 3.62. The highest BCUT2D eigenvalue weighted by molar-refractivity contribution is 5.92. The standard InChI is InChI=1S/C11H16N4O/c16-11(10-4-6-13-14-10)15-8-1-2-9(15)7-12-5-3-8/h4,6,8-9,12H,1-3,5,7H2,(H,13,14). The molecule has 1 aromatic rings. The van der Waals surface area contributed by atoms with Crippen molar-refractivity contribution in [3.63, 3.8) is 0 Å². The molecule has 0 radical (unpaired) electrons. The minimum absolute atomic E-state index is 0.105. The number of fused-ring (bicyclic) bond motifs is 2. The van der Waals surface area contributed by atoms with Crippen LogP contribution in [0.2, 0.25) is 0 Å². The number of rotatable bonds is 1. The Bertz CT molecular complexity index is 361. The van der Waals surface area contributed by atoms with Gasteiger partial charge >= 0.3 is 0 Å². The van der Waals surface area contributed by atoms with Gasteiger partial charge in [-0.3, -0.25) is 9.89 Å². The molecule has 3 heterocycles. The van der Waals surface area contributed by atoms with Gasteiger partial charge in [0.05, 0.1) is 0 Å². The van der Waals surface area contributed by atoms with E-state index in [4.69, 9.17) is 0 Å². The first-order valence-electron chi connectivity index (χ1n) is 5.89. The van der Waals surface area contributed by atoms with E-state index >= 15 is 0 Å². The second-order valence-corrected chi connectivity index (χ2v) is 4.56. The van der Waals surface area contributed by atoms with Crippen LogP contribution in [-0.4, -0.2) is 46.2 Å². The number of aromatic amines is 1. The summed E-state index contributed by atoms with van der Waals surface area (Å²) in [7, 11) is 0. The summed E-state index contributed by atoms with van der Waals surface area (Å²) in [5.74, 6) is 0.105. The molecular weight excluding hydrogens is 204 g/mol. The number of hydrogen-bond donors (Lipinski definition) is 2. The smallest absolute Gasteiger partial charge is 0.272 e. The zero-order chi connectivity index (χ0) is 11.0. The minimum Gasteiger partial charge on any atom is -0.330 e. The number of carbonyl (C=O) groups excluding carboxylic acids is 1. The van der Waals surface area contributed by atoms with Crippen molar-refractivity contribution in [2.24, 2.45) is 0 Å². The van der Waals surface area contributed by atoms with E-state index in [-0.39, 0.29) is 5.91 Å². The molecule has 1 amide bonds. The van der Waals surface area contributed by atoms with Gasteiger partial charge in [-0.15, -0.1) is 0 Å². The lowest BCUT2D eigenvalue weighted by Gasteiger charge is -2.27. The molecule has 2 N–H and O–H groups in total. The average Bonchev–Trinajstić information content (AvgIpc) is 2.84. The van der Waals surface area contributed by atoms with Gasteiger partial charge in [-0.05, 0) is 31.9 Å². The summed E-state index contributed by atoms with van der Waals surface area (Å²) in [5, 5.41) is 9.99. The van der Waals surface area contributed by atoms with Crippen molar-refractivity contribution in [2.45, 2.75) is 31.3 Å². The fourth-order valence-corrected chi connectivity index (χ4v) is 2.83. The number of aromatic nitrogens is 2. The maximum absolute atomic E-state index is 12.3. The molecule has 5 nitrogen and oxygen atoms in total. The van der Waals surface area contributed by atoms with E-state index in [1.807, 2.05) is 4.90 Å². The predicted molar refractivity (Wildman–Crippen MR) is 59.1 cm³/mol. The van der Waals surface area contributed by atoms with Crippen LogP contribution in [-0.2, 0) is 0 Å². The summed E-state index contributed by atoms with van der Waals surface area (Å²) < 4.78 is 0. The molecule has 2 bridgehead atoms. The van der Waals surface area contributed by atoms with Crippen molar-refractivity contribution in [3.8, 4) is 0 Å². The van der Waals surface area contributed by atoms with Crippen LogP contribution in [0, 0.1) is 0 Å². The summed E-state index contributed by atoms with van der Waals surface area (Å²) in [6.45, 7) is 1.95. The van der Waals surface area contributed by atoms with E-state index in [1.54, 1.807) is 12.3 Å². The van der Waals surface area contributed by atoms with Crippen LogP contribution in [0.4, 0.5) is 0 Å². The second-order valence-electron chi connectivity index (χ2n) is 4.56. The van der Waals surface area contributed by atoms with Gasteiger partial charge in [-0.1, -0.05) is 0 Å². The molecule has 2 aliphatic heterocycles. The Morgan fingerprint density at radius 2 is 2.25 bits per heavy atom. The Morgan fingerprint density at radius 3 is 3.06 bits per heavy atom. The molecule has 86 valence electrons. The molecule has 0 aliphatic carbocycles. The van der Waals surface area contributed by atoms with Crippen LogP contribution in [0.25, 0.3) is 0 Å². The van der Waals surface area contributed by atoms with Gasteiger partial charge in [-0.2, -0.15) is 5.10 Å². The van der Waals surface area contributed by atoms with Crippen LogP contribution in [0.3, 0.4) is 0 Å². The van der Waals surface area contributed by atoms with Gasteiger partial charge in [0.15, 0.2) is 0 Å². The highest BCUT2D eigenvalue weighted by Gasteiger charge is 2.38. The molecule has 0 spiro atoms. The second kappa shape index (κ2) is 3.90. The van der Waals surface area contributed by atoms with Gasteiger partial charge in [0, 0.05) is 24.8 Å². The van der Waals surface area contributed by atoms with E-state index in [2.05, 4.69) is 15.5 Å². The highest BCUT2D eigenvalue weighted by atomic mass is 16.2. The third kappa shape index (κ3) is 1.51. The molecular formula is C11H16N4O. The van der Waals surface area contributed by atoms with Gasteiger partial charge in [0.1, 0.15) is 5.69 Å². The minimum atomic E-state index is 0.105. The molecule has 0 aromatic carbocycles. The Balaban J connectivity index is 1.85. The van der Waals surface area contributed by atoms with E-state index in [0.29, 0.717) is 17.8 Å². The van der Waals surface area contributed by atoms with Crippen molar-refractivity contribution in [1.82, 2.24) is 20.4 Å². The molecule has 16 heavy (non-hydrogen) atoms. The Kier molecular flexibility index (Phi) is 2.40. The SMILES string of the molecule is O=C(c1ccn[nH]1)N1C2CCNCC1CC2. The first kappa shape index (κ1) is 9.84. The summed E-state index contributed by atoms with van der Waals surface area (Å²) in [6, 6.07) is 2.53. The molecule has 2 unspecified atom stereocenters. The fraction of sp³-hybridized carbons (Fsp3) is 0.636. The lowest BCUT2D eigenvalue weighted by Crippen LogP contribution is -2.42. The summed E-state index contributed by atoms with van der Waals surface area (Å²) in [4.78, 5) is 14.4. The Hall–Kier alpha value is -1.36. The maximum atomic E-state index is 12.3. The number of amides is 1. The molecule has 1 aromatic heterocycles. The number of hydrogen-bond acceptors (Lipinski definition) is 3. The topological polar surface area (TPSA) is 61.0 Å².